The number of benzene rings is 1. The van der Waals surface area contributed by atoms with Gasteiger partial charge in [0.2, 0.25) is 0 Å². The highest BCUT2D eigenvalue weighted by molar-refractivity contribution is 5.90. The summed E-state index contributed by atoms with van der Waals surface area (Å²) in [6.45, 7) is 2.61. The van der Waals surface area contributed by atoms with Crippen molar-refractivity contribution in [3.05, 3.63) is 42.2 Å². The van der Waals surface area contributed by atoms with E-state index < -0.39 is 11.4 Å². The van der Waals surface area contributed by atoms with Crippen LogP contribution in [0.4, 0.5) is 10.5 Å². The first-order chi connectivity index (χ1) is 13.5. The average molecular weight is 382 g/mol. The highest BCUT2D eigenvalue weighted by atomic mass is 16.5. The molecule has 0 spiro atoms. The van der Waals surface area contributed by atoms with Gasteiger partial charge in [-0.25, -0.2) is 14.8 Å². The molecule has 0 radical (unpaired) electrons. The summed E-state index contributed by atoms with van der Waals surface area (Å²) in [5.74, 6) is -0.185. The molecular formula is C20H22N4O4. The van der Waals surface area contributed by atoms with E-state index in [1.807, 2.05) is 6.92 Å². The molecule has 2 amide bonds. The van der Waals surface area contributed by atoms with Crippen molar-refractivity contribution in [2.75, 3.05) is 18.4 Å². The number of nitrogens with zero attached hydrogens (tertiary/aromatic N) is 3. The van der Waals surface area contributed by atoms with E-state index >= 15 is 0 Å². The van der Waals surface area contributed by atoms with Crippen LogP contribution in [0, 0.1) is 18.3 Å². The largest absolute Gasteiger partial charge is 0.481 e. The topological polar surface area (TPSA) is 105 Å². The van der Waals surface area contributed by atoms with Crippen LogP contribution in [-0.4, -0.2) is 45.1 Å². The lowest BCUT2D eigenvalue weighted by molar-refractivity contribution is -0.149. The van der Waals surface area contributed by atoms with Gasteiger partial charge in [-0.3, -0.25) is 4.79 Å². The van der Waals surface area contributed by atoms with E-state index in [2.05, 4.69) is 15.3 Å². The summed E-state index contributed by atoms with van der Waals surface area (Å²) < 4.78 is 5.60. The molecule has 0 bridgehead atoms. The van der Waals surface area contributed by atoms with Crippen LogP contribution < -0.4 is 10.1 Å². The van der Waals surface area contributed by atoms with Crippen molar-refractivity contribution in [3.63, 3.8) is 0 Å². The fraction of sp³-hybridized carbons (Fsp3) is 0.400. The van der Waals surface area contributed by atoms with Crippen molar-refractivity contribution >= 4 is 17.7 Å². The van der Waals surface area contributed by atoms with Crippen LogP contribution in [-0.2, 0) is 4.79 Å². The SMILES string of the molecule is Cc1ccnc(Oc2ccc(NC(=O)N3C[C@@H]4CCC[C@@]4(C(=O)O)C3)cc2)n1. The first-order valence-electron chi connectivity index (χ1n) is 9.33. The van der Waals surface area contributed by atoms with Crippen LogP contribution in [0.3, 0.4) is 0 Å². The van der Waals surface area contributed by atoms with Gasteiger partial charge in [-0.05, 0) is 56.0 Å². The minimum atomic E-state index is -0.787. The maximum atomic E-state index is 12.6. The zero-order valence-electron chi connectivity index (χ0n) is 15.6. The zero-order chi connectivity index (χ0) is 19.7. The van der Waals surface area contributed by atoms with Crippen LogP contribution in [0.1, 0.15) is 25.0 Å². The predicted molar refractivity (Wildman–Crippen MR) is 101 cm³/mol. The second-order valence-corrected chi connectivity index (χ2v) is 7.47. The summed E-state index contributed by atoms with van der Waals surface area (Å²) >= 11 is 0. The molecule has 146 valence electrons. The van der Waals surface area contributed by atoms with Gasteiger partial charge in [0, 0.05) is 30.7 Å². The Morgan fingerprint density at radius 2 is 2.07 bits per heavy atom. The lowest BCUT2D eigenvalue weighted by Crippen LogP contribution is -2.38. The van der Waals surface area contributed by atoms with Gasteiger partial charge in [0.05, 0.1) is 5.41 Å². The number of aliphatic carboxylic acids is 1. The molecule has 2 aliphatic rings. The molecule has 1 aliphatic heterocycles. The molecule has 1 aliphatic carbocycles. The first kappa shape index (κ1) is 18.2. The molecule has 2 fully saturated rings. The van der Waals surface area contributed by atoms with E-state index in [1.54, 1.807) is 41.4 Å². The standard InChI is InChI=1S/C20H22N4O4/c1-13-8-10-21-18(22-13)28-16-6-4-15(5-7-16)23-19(27)24-11-14-3-2-9-20(14,12-24)17(25)26/h4-8,10,14H,2-3,9,11-12H2,1H3,(H,23,27)(H,25,26)/t14-,20+/m0/s1. The van der Waals surface area contributed by atoms with Crippen LogP contribution in [0.25, 0.3) is 0 Å². The van der Waals surface area contributed by atoms with Gasteiger partial charge in [-0.2, -0.15) is 0 Å². The van der Waals surface area contributed by atoms with Crippen molar-refractivity contribution in [1.29, 1.82) is 0 Å². The number of carbonyl (C=O) groups is 2. The summed E-state index contributed by atoms with van der Waals surface area (Å²) in [6.07, 6.45) is 4.05. The molecule has 8 heteroatoms. The number of carboxylic acid groups (broad SMARTS) is 1. The minimum Gasteiger partial charge on any atom is -0.481 e. The molecule has 2 aromatic rings. The molecule has 2 heterocycles. The number of aromatic nitrogens is 2. The van der Waals surface area contributed by atoms with Gasteiger partial charge < -0.3 is 20.1 Å². The smallest absolute Gasteiger partial charge is 0.322 e. The van der Waals surface area contributed by atoms with Crippen molar-refractivity contribution < 1.29 is 19.4 Å². The average Bonchev–Trinajstić information content (AvgIpc) is 3.22. The number of hydrogen-bond acceptors (Lipinski definition) is 5. The van der Waals surface area contributed by atoms with Crippen LogP contribution in [0.15, 0.2) is 36.5 Å². The Bertz CT molecular complexity index is 901. The van der Waals surface area contributed by atoms with Crippen molar-refractivity contribution in [2.45, 2.75) is 26.2 Å². The van der Waals surface area contributed by atoms with Gasteiger partial charge in [-0.15, -0.1) is 0 Å². The number of carbonyl (C=O) groups excluding carboxylic acids is 1. The second kappa shape index (κ2) is 7.10. The third-order valence-corrected chi connectivity index (χ3v) is 5.67. The van der Waals surface area contributed by atoms with E-state index in [0.29, 0.717) is 24.4 Å². The number of hydrogen-bond donors (Lipinski definition) is 2. The van der Waals surface area contributed by atoms with Crippen LogP contribution in [0.2, 0.25) is 0 Å². The predicted octanol–water partition coefficient (Wildman–Crippen LogP) is 3.30. The highest BCUT2D eigenvalue weighted by Crippen LogP contribution is 2.48. The van der Waals surface area contributed by atoms with Crippen molar-refractivity contribution in [1.82, 2.24) is 14.9 Å². The van der Waals surface area contributed by atoms with Gasteiger partial charge in [0.1, 0.15) is 5.75 Å². The minimum absolute atomic E-state index is 0.0425. The van der Waals surface area contributed by atoms with Gasteiger partial charge in [-0.1, -0.05) is 6.42 Å². The normalized spacial score (nSPS) is 23.3. The number of amides is 2. The molecule has 1 saturated carbocycles. The van der Waals surface area contributed by atoms with E-state index in [9.17, 15) is 14.7 Å². The maximum Gasteiger partial charge on any atom is 0.322 e. The Hall–Kier alpha value is -3.16. The quantitative estimate of drug-likeness (QED) is 0.841. The molecule has 8 nitrogen and oxygen atoms in total. The van der Waals surface area contributed by atoms with E-state index in [-0.39, 0.29) is 24.5 Å². The number of ether oxygens (including phenoxy) is 1. The summed E-state index contributed by atoms with van der Waals surface area (Å²) in [5.41, 5.74) is 0.649. The lowest BCUT2D eigenvalue weighted by atomic mass is 9.81. The van der Waals surface area contributed by atoms with E-state index in [1.165, 1.54) is 0 Å². The molecular weight excluding hydrogens is 360 g/mol. The van der Waals surface area contributed by atoms with Gasteiger partial charge in [0.15, 0.2) is 0 Å². The number of carboxylic acids is 1. The molecule has 1 saturated heterocycles. The highest BCUT2D eigenvalue weighted by Gasteiger charge is 2.55. The number of nitrogens with one attached hydrogen (secondary N) is 1. The lowest BCUT2D eigenvalue weighted by Gasteiger charge is -2.23. The van der Waals surface area contributed by atoms with Crippen molar-refractivity contribution in [2.24, 2.45) is 11.3 Å². The number of likely N-dealkylation sites (tertiary alicyclic amines) is 1. The maximum absolute atomic E-state index is 12.6. The Morgan fingerprint density at radius 3 is 2.75 bits per heavy atom. The summed E-state index contributed by atoms with van der Waals surface area (Å²) in [7, 11) is 0. The molecule has 4 rings (SSSR count). The third-order valence-electron chi connectivity index (χ3n) is 5.67. The van der Waals surface area contributed by atoms with Crippen molar-refractivity contribution in [3.8, 4) is 11.8 Å². The molecule has 1 aromatic carbocycles. The number of anilines is 1. The van der Waals surface area contributed by atoms with Crippen LogP contribution in [0.5, 0.6) is 11.8 Å². The molecule has 0 unspecified atom stereocenters. The summed E-state index contributed by atoms with van der Waals surface area (Å²) in [6, 6.07) is 8.68. The van der Waals surface area contributed by atoms with E-state index in [4.69, 9.17) is 4.74 Å². The van der Waals surface area contributed by atoms with E-state index in [0.717, 1.165) is 18.5 Å². The number of fused-ring (bicyclic) bond motifs is 1. The molecule has 1 aromatic heterocycles. The Morgan fingerprint density at radius 1 is 1.29 bits per heavy atom. The second-order valence-electron chi connectivity index (χ2n) is 7.47. The molecule has 28 heavy (non-hydrogen) atoms. The monoisotopic (exact) mass is 382 g/mol. The van der Waals surface area contributed by atoms with Gasteiger partial charge >= 0.3 is 18.0 Å². The van der Waals surface area contributed by atoms with Crippen LogP contribution >= 0.6 is 0 Å². The summed E-state index contributed by atoms with van der Waals surface area (Å²) in [5, 5.41) is 12.5. The number of aryl methyl sites for hydroxylation is 1. The Kier molecular flexibility index (Phi) is 4.62. The fourth-order valence-corrected chi connectivity index (χ4v) is 4.18. The fourth-order valence-electron chi connectivity index (χ4n) is 4.18. The Labute approximate surface area is 162 Å². The van der Waals surface area contributed by atoms with Gasteiger partial charge in [0.25, 0.3) is 0 Å². The Balaban J connectivity index is 1.38. The summed E-state index contributed by atoms with van der Waals surface area (Å²) in [4.78, 5) is 34.2. The zero-order valence-corrected chi connectivity index (χ0v) is 15.6. The first-order valence-corrected chi connectivity index (χ1v) is 9.33. The molecule has 2 N–H and O–H groups in total. The molecule has 2 atom stereocenters. The number of rotatable bonds is 4. The number of urea groups is 1. The third kappa shape index (κ3) is 3.37.